The minimum Gasteiger partial charge on any atom is -0.507 e. The predicted octanol–water partition coefficient (Wildman–Crippen LogP) is 4.80. The number of aromatic hydroxyl groups is 1. The molecule has 3 amide bonds. The molecule has 1 saturated heterocycles. The molecule has 0 aromatic heterocycles. The molecule has 1 fully saturated rings. The first-order valence-corrected chi connectivity index (χ1v) is 10.5. The summed E-state index contributed by atoms with van der Waals surface area (Å²) in [6.07, 6.45) is 0. The third-order valence-electron chi connectivity index (χ3n) is 5.65. The Morgan fingerprint density at radius 1 is 1.06 bits per heavy atom. The third kappa shape index (κ3) is 4.30. The number of urea groups is 1. The lowest BCUT2D eigenvalue weighted by molar-refractivity contribution is -0.384. The van der Waals surface area contributed by atoms with Crippen molar-refractivity contribution >= 4 is 17.6 Å². The molecule has 0 spiro atoms. The van der Waals surface area contributed by atoms with Gasteiger partial charge in [-0.25, -0.2) is 4.79 Å². The molecule has 1 atom stereocenters. The number of carbonyl (C=O) groups excluding carboxylic acids is 2. The Labute approximate surface area is 187 Å². The van der Waals surface area contributed by atoms with Crippen LogP contribution >= 0.6 is 0 Å². The zero-order valence-corrected chi connectivity index (χ0v) is 19.2. The Bertz CT molecular complexity index is 1040. The van der Waals surface area contributed by atoms with E-state index in [-0.39, 0.29) is 34.4 Å². The van der Waals surface area contributed by atoms with Gasteiger partial charge in [0.1, 0.15) is 5.75 Å². The maximum absolute atomic E-state index is 13.2. The molecule has 0 aliphatic carbocycles. The van der Waals surface area contributed by atoms with Crippen molar-refractivity contribution in [1.82, 2.24) is 10.2 Å². The molecule has 2 N–H and O–H groups in total. The van der Waals surface area contributed by atoms with Crippen LogP contribution in [0.5, 0.6) is 5.75 Å². The minimum absolute atomic E-state index is 0.132. The van der Waals surface area contributed by atoms with E-state index in [1.165, 1.54) is 24.3 Å². The Kier molecular flexibility index (Phi) is 5.76. The quantitative estimate of drug-likeness (QED) is 0.527. The van der Waals surface area contributed by atoms with Gasteiger partial charge in [-0.3, -0.25) is 19.8 Å². The van der Waals surface area contributed by atoms with Crippen LogP contribution in [0.2, 0.25) is 0 Å². The molecule has 0 radical (unpaired) electrons. The number of phenolic OH excluding ortho intramolecular Hbond substituents is 1. The van der Waals surface area contributed by atoms with Crippen molar-refractivity contribution in [2.45, 2.75) is 58.4 Å². The topological polar surface area (TPSA) is 113 Å². The highest BCUT2D eigenvalue weighted by atomic mass is 16.6. The van der Waals surface area contributed by atoms with Crippen molar-refractivity contribution in [3.05, 3.63) is 68.8 Å². The fraction of sp³-hybridized carbons (Fsp3) is 0.417. The number of rotatable bonds is 3. The van der Waals surface area contributed by atoms with Gasteiger partial charge < -0.3 is 10.4 Å². The van der Waals surface area contributed by atoms with Crippen LogP contribution in [0, 0.1) is 10.1 Å². The van der Waals surface area contributed by atoms with E-state index >= 15 is 0 Å². The summed E-state index contributed by atoms with van der Waals surface area (Å²) in [7, 11) is 0. The normalized spacial score (nSPS) is 16.8. The van der Waals surface area contributed by atoms with Gasteiger partial charge in [0, 0.05) is 24.2 Å². The van der Waals surface area contributed by atoms with Gasteiger partial charge in [-0.15, -0.1) is 0 Å². The fourth-order valence-corrected chi connectivity index (χ4v) is 3.86. The van der Waals surface area contributed by atoms with Crippen LogP contribution in [0.1, 0.15) is 74.6 Å². The van der Waals surface area contributed by atoms with Gasteiger partial charge >= 0.3 is 6.03 Å². The summed E-state index contributed by atoms with van der Waals surface area (Å²) in [5.41, 5.74) is 1.55. The van der Waals surface area contributed by atoms with Crippen molar-refractivity contribution in [1.29, 1.82) is 0 Å². The van der Waals surface area contributed by atoms with E-state index in [0.29, 0.717) is 0 Å². The summed E-state index contributed by atoms with van der Waals surface area (Å²) >= 11 is 0. The highest BCUT2D eigenvalue weighted by Gasteiger charge is 2.39. The van der Waals surface area contributed by atoms with E-state index in [1.54, 1.807) is 0 Å². The molecule has 0 bridgehead atoms. The van der Waals surface area contributed by atoms with Crippen LogP contribution in [0.4, 0.5) is 10.5 Å². The maximum Gasteiger partial charge on any atom is 0.325 e. The average molecular weight is 440 g/mol. The highest BCUT2D eigenvalue weighted by molar-refractivity contribution is 6.05. The van der Waals surface area contributed by atoms with Crippen molar-refractivity contribution in [3.8, 4) is 5.75 Å². The lowest BCUT2D eigenvalue weighted by Gasteiger charge is -2.30. The summed E-state index contributed by atoms with van der Waals surface area (Å²) in [6.45, 7) is 12.2. The molecule has 0 saturated carbocycles. The highest BCUT2D eigenvalue weighted by Crippen LogP contribution is 2.42. The number of hydrogen-bond acceptors (Lipinski definition) is 5. The van der Waals surface area contributed by atoms with E-state index in [4.69, 9.17) is 0 Å². The number of nitrogens with one attached hydrogen (secondary N) is 1. The number of imide groups is 1. The van der Waals surface area contributed by atoms with Gasteiger partial charge in [-0.2, -0.15) is 0 Å². The average Bonchev–Trinajstić information content (AvgIpc) is 3.07. The number of nitro groups is 1. The van der Waals surface area contributed by atoms with E-state index in [2.05, 4.69) is 5.32 Å². The number of nitrogens with zero attached hydrogens (tertiary/aromatic N) is 2. The number of nitro benzene ring substituents is 1. The molecule has 1 unspecified atom stereocenters. The molecule has 1 aliphatic rings. The SMILES string of the molecule is CC(C)(C)c1cc(C2CNC(=O)N2C(=O)c2ccc([N+](=O)[O-])cc2)cc(C(C)(C)C)c1O. The number of non-ortho nitro benzene ring substituents is 1. The van der Waals surface area contributed by atoms with Gasteiger partial charge in [0.25, 0.3) is 11.6 Å². The standard InChI is InChI=1S/C24H29N3O5/c1-23(2,3)17-11-15(12-18(20(17)28)24(4,5)6)19-13-25-22(30)26(19)21(29)14-7-9-16(10-8-14)27(31)32/h7-12,19,28H,13H2,1-6H3,(H,25,30). The van der Waals surface area contributed by atoms with E-state index in [9.17, 15) is 24.8 Å². The molecule has 8 nitrogen and oxygen atoms in total. The Hall–Kier alpha value is -3.42. The van der Waals surface area contributed by atoms with Gasteiger partial charge in [-0.1, -0.05) is 41.5 Å². The van der Waals surface area contributed by atoms with Crippen LogP contribution in [0.3, 0.4) is 0 Å². The van der Waals surface area contributed by atoms with Gasteiger partial charge in [0.2, 0.25) is 0 Å². The zero-order chi connectivity index (χ0) is 24.0. The second-order valence-electron chi connectivity index (χ2n) is 10.1. The van der Waals surface area contributed by atoms with Crippen LogP contribution in [0.15, 0.2) is 36.4 Å². The molecule has 1 heterocycles. The first-order chi connectivity index (χ1) is 14.7. The maximum atomic E-state index is 13.2. The van der Waals surface area contributed by atoms with Crippen molar-refractivity contribution in [3.63, 3.8) is 0 Å². The number of hydrogen-bond donors (Lipinski definition) is 2. The van der Waals surface area contributed by atoms with E-state index in [1.807, 2.05) is 53.7 Å². The van der Waals surface area contributed by atoms with Crippen molar-refractivity contribution in [2.75, 3.05) is 6.54 Å². The van der Waals surface area contributed by atoms with Gasteiger partial charge in [0.05, 0.1) is 11.0 Å². The number of carbonyl (C=O) groups is 2. The monoisotopic (exact) mass is 439 g/mol. The molecule has 8 heteroatoms. The van der Waals surface area contributed by atoms with Crippen LogP contribution in [-0.4, -0.2) is 33.4 Å². The summed E-state index contributed by atoms with van der Waals surface area (Å²) in [5, 5.41) is 24.6. The first kappa shape index (κ1) is 23.2. The van der Waals surface area contributed by atoms with Gasteiger partial charge in [-0.05, 0) is 51.8 Å². The Morgan fingerprint density at radius 3 is 2.00 bits per heavy atom. The number of amides is 3. The Balaban J connectivity index is 2.09. The second-order valence-corrected chi connectivity index (χ2v) is 10.1. The van der Waals surface area contributed by atoms with E-state index < -0.39 is 22.9 Å². The second kappa shape index (κ2) is 7.93. The zero-order valence-electron chi connectivity index (χ0n) is 19.2. The van der Waals surface area contributed by atoms with Crippen LogP contribution in [-0.2, 0) is 10.8 Å². The molecule has 3 rings (SSSR count). The Morgan fingerprint density at radius 2 is 1.56 bits per heavy atom. The van der Waals surface area contributed by atoms with Crippen molar-refractivity contribution in [2.24, 2.45) is 0 Å². The number of phenols is 1. The summed E-state index contributed by atoms with van der Waals surface area (Å²) in [4.78, 5) is 37.3. The van der Waals surface area contributed by atoms with E-state index in [0.717, 1.165) is 21.6 Å². The fourth-order valence-electron chi connectivity index (χ4n) is 3.86. The molecule has 2 aromatic carbocycles. The van der Waals surface area contributed by atoms with Crippen LogP contribution < -0.4 is 5.32 Å². The first-order valence-electron chi connectivity index (χ1n) is 10.5. The summed E-state index contributed by atoms with van der Waals surface area (Å²) in [5.74, 6) is -0.318. The smallest absolute Gasteiger partial charge is 0.325 e. The summed E-state index contributed by atoms with van der Waals surface area (Å²) in [6, 6.07) is 7.78. The predicted molar refractivity (Wildman–Crippen MR) is 121 cm³/mol. The molecule has 1 aliphatic heterocycles. The number of benzene rings is 2. The van der Waals surface area contributed by atoms with Crippen LogP contribution in [0.25, 0.3) is 0 Å². The largest absolute Gasteiger partial charge is 0.507 e. The molecular formula is C24H29N3O5. The lowest BCUT2D eigenvalue weighted by Crippen LogP contribution is -2.36. The van der Waals surface area contributed by atoms with Gasteiger partial charge in [0.15, 0.2) is 0 Å². The summed E-state index contributed by atoms with van der Waals surface area (Å²) < 4.78 is 0. The lowest BCUT2D eigenvalue weighted by atomic mass is 9.77. The molecular weight excluding hydrogens is 410 g/mol. The third-order valence-corrected chi connectivity index (χ3v) is 5.65. The molecule has 170 valence electrons. The van der Waals surface area contributed by atoms with Crippen molar-refractivity contribution < 1.29 is 19.6 Å². The molecule has 2 aromatic rings. The minimum atomic E-state index is -0.576. The molecule has 32 heavy (non-hydrogen) atoms.